The third kappa shape index (κ3) is 4.67. The first-order valence-corrected chi connectivity index (χ1v) is 54.7. The zero-order valence-electron chi connectivity index (χ0n) is 26.4. The Labute approximate surface area is 221 Å². The van der Waals surface area contributed by atoms with Crippen LogP contribution in [0.15, 0.2) is 0 Å². The fraction of sp³-hybridized carbons (Fsp3) is 1.00. The van der Waals surface area contributed by atoms with Crippen molar-refractivity contribution >= 4 is 86.0 Å². The first-order chi connectivity index (χ1) is 13.2. The molecule has 0 aliphatic rings. The molecule has 11 heteroatoms. The number of hydrogen-bond donors (Lipinski definition) is 0. The molecule has 0 spiro atoms. The van der Waals surface area contributed by atoms with E-state index in [1.165, 1.54) is 0 Å². The lowest BCUT2D eigenvalue weighted by Gasteiger charge is -2.75. The van der Waals surface area contributed by atoms with Crippen LogP contribution in [0.2, 0.25) is 137 Å². The maximum absolute atomic E-state index is 5.40. The molecule has 0 aromatic carbocycles. The summed E-state index contributed by atoms with van der Waals surface area (Å²) < 4.78 is 0. The molecule has 194 valence electrons. The number of hydrogen-bond acceptors (Lipinski definition) is 0. The summed E-state index contributed by atoms with van der Waals surface area (Å²) >= 11 is 5.40. The molecule has 0 radical (unpaired) electrons. The minimum Gasteiger partial charge on any atom is -0.138 e. The standard InChI is InChI=1S/C21H63BrSi10/c1-23(2,3)29(19,24(4,5)6)32(22,30(20,25(7,8)9)26(10,11)12)31(21,27(13,14)15)28(16,17)18/h1-21H3. The molecule has 0 unspecified atom stereocenters. The lowest BCUT2D eigenvalue weighted by Crippen LogP contribution is -3.06. The Morgan fingerprint density at radius 2 is 0.344 bits per heavy atom. The first kappa shape index (κ1) is 34.6. The van der Waals surface area contributed by atoms with Crippen molar-refractivity contribution in [1.82, 2.24) is 0 Å². The molecule has 0 aromatic heterocycles. The van der Waals surface area contributed by atoms with E-state index in [1.54, 1.807) is 0 Å². The van der Waals surface area contributed by atoms with Crippen LogP contribution in [0.4, 0.5) is 0 Å². The molecule has 0 rings (SSSR count). The third-order valence-electron chi connectivity index (χ3n) is 11.1. The van der Waals surface area contributed by atoms with Gasteiger partial charge in [0.2, 0.25) is 0 Å². The lowest BCUT2D eigenvalue weighted by atomic mass is 11.8. The first-order valence-electron chi connectivity index (χ1n) is 12.9. The van der Waals surface area contributed by atoms with Crippen LogP contribution in [0.3, 0.4) is 0 Å². The summed E-state index contributed by atoms with van der Waals surface area (Å²) in [5.41, 5.74) is 0. The highest BCUT2D eigenvalue weighted by Gasteiger charge is 2.82. The summed E-state index contributed by atoms with van der Waals surface area (Å²) in [4.78, 5) is 0. The second kappa shape index (κ2) is 9.14. The van der Waals surface area contributed by atoms with Gasteiger partial charge < -0.3 is 0 Å². The second-order valence-electron chi connectivity index (χ2n) is 17.5. The smallest absolute Gasteiger partial charge is 0.0946 e. The van der Waals surface area contributed by atoms with Crippen molar-refractivity contribution in [2.45, 2.75) is 137 Å². The summed E-state index contributed by atoms with van der Waals surface area (Å²) in [6.45, 7) is 56.1. The quantitative estimate of drug-likeness (QED) is 0.169. The largest absolute Gasteiger partial charge is 0.138 e. The second-order valence-corrected chi connectivity index (χ2v) is 142. The molecule has 0 atom stereocenters. The van der Waals surface area contributed by atoms with Gasteiger partial charge in [0.15, 0.2) is 0 Å². The van der Waals surface area contributed by atoms with Crippen LogP contribution in [0.5, 0.6) is 0 Å². The van der Waals surface area contributed by atoms with E-state index < -0.39 is 70.7 Å². The van der Waals surface area contributed by atoms with Crippen LogP contribution >= 0.6 is 15.3 Å². The number of halogens is 1. The minimum atomic E-state index is -1.72. The monoisotopic (exact) mass is 674 g/mol. The Kier molecular flexibility index (Phi) is 9.90. The van der Waals surface area contributed by atoms with Crippen LogP contribution in [-0.4, -0.2) is 70.7 Å². The normalized spacial score (nSPS) is 17.1. The molecule has 32 heavy (non-hydrogen) atoms. The highest BCUT2D eigenvalue weighted by molar-refractivity contribution is 9.33. The highest BCUT2D eigenvalue weighted by atomic mass is 79.9. The summed E-state index contributed by atoms with van der Waals surface area (Å²) in [6.07, 6.45) is 0. The molecule has 0 saturated heterocycles. The summed E-state index contributed by atoms with van der Waals surface area (Å²) in [5.74, 6) is 0. The predicted molar refractivity (Wildman–Crippen MR) is 190 cm³/mol. The van der Waals surface area contributed by atoms with Crippen molar-refractivity contribution in [3.8, 4) is 0 Å². The topological polar surface area (TPSA) is 0 Å². The van der Waals surface area contributed by atoms with E-state index in [9.17, 15) is 0 Å². The Balaban J connectivity index is 8.69. The highest BCUT2D eigenvalue weighted by Crippen LogP contribution is 2.57. The van der Waals surface area contributed by atoms with Gasteiger partial charge in [-0.15, -0.1) is 15.3 Å². The van der Waals surface area contributed by atoms with Crippen molar-refractivity contribution in [3.63, 3.8) is 0 Å². The van der Waals surface area contributed by atoms with Crippen molar-refractivity contribution in [3.05, 3.63) is 0 Å². The molecule has 0 fully saturated rings. The molecule has 0 saturated carbocycles. The van der Waals surface area contributed by atoms with Crippen molar-refractivity contribution in [2.24, 2.45) is 0 Å². The van der Waals surface area contributed by atoms with E-state index in [0.717, 1.165) is 0 Å². The third-order valence-corrected chi connectivity index (χ3v) is 296. The molecule has 0 N–H and O–H groups in total. The number of rotatable bonds is 9. The maximum atomic E-state index is 5.40. The van der Waals surface area contributed by atoms with E-state index in [4.69, 9.17) is 15.3 Å². The Morgan fingerprint density at radius 1 is 0.250 bits per heavy atom. The molecular formula is C21H63BrSi10. The average Bonchev–Trinajstić information content (AvgIpc) is 2.44. The molecule has 0 aliphatic heterocycles. The van der Waals surface area contributed by atoms with Crippen molar-refractivity contribution in [2.75, 3.05) is 0 Å². The van der Waals surface area contributed by atoms with E-state index in [-0.39, 0.29) is 0 Å². The van der Waals surface area contributed by atoms with Gasteiger partial charge >= 0.3 is 0 Å². The fourth-order valence-electron chi connectivity index (χ4n) is 7.98. The summed E-state index contributed by atoms with van der Waals surface area (Å²) in [6, 6.07) is 0. The lowest BCUT2D eigenvalue weighted by molar-refractivity contribution is 1.74. The van der Waals surface area contributed by atoms with Gasteiger partial charge in [-0.05, 0) is 0 Å². The molecule has 0 nitrogen and oxygen atoms in total. The van der Waals surface area contributed by atoms with E-state index in [0.29, 0.717) is 0 Å². The molecule has 0 heterocycles. The van der Waals surface area contributed by atoms with Crippen LogP contribution in [-0.2, 0) is 0 Å². The Morgan fingerprint density at radius 3 is 0.406 bits per heavy atom. The average molecular weight is 676 g/mol. The molecule has 0 amide bonds. The fourth-order valence-corrected chi connectivity index (χ4v) is 555. The van der Waals surface area contributed by atoms with Crippen molar-refractivity contribution < 1.29 is 0 Å². The van der Waals surface area contributed by atoms with Crippen LogP contribution in [0.1, 0.15) is 0 Å². The zero-order valence-corrected chi connectivity index (χ0v) is 38.0. The Hall–Kier alpha value is 2.65. The van der Waals surface area contributed by atoms with E-state index in [2.05, 4.69) is 137 Å². The zero-order chi connectivity index (χ0) is 27.0. The van der Waals surface area contributed by atoms with Gasteiger partial charge in [-0.3, -0.25) is 0 Å². The van der Waals surface area contributed by atoms with Crippen molar-refractivity contribution in [1.29, 1.82) is 0 Å². The van der Waals surface area contributed by atoms with Gasteiger partial charge in [0, 0.05) is 65.4 Å². The van der Waals surface area contributed by atoms with Gasteiger partial charge in [0.1, 0.15) is 0 Å². The van der Waals surface area contributed by atoms with Crippen LogP contribution < -0.4 is 0 Å². The van der Waals surface area contributed by atoms with Crippen LogP contribution in [0, 0.1) is 0 Å². The van der Waals surface area contributed by atoms with Gasteiger partial charge in [0.05, 0.1) is 5.25 Å². The maximum Gasteiger partial charge on any atom is 0.0946 e. The van der Waals surface area contributed by atoms with Gasteiger partial charge in [0.25, 0.3) is 0 Å². The van der Waals surface area contributed by atoms with Crippen LogP contribution in [0.25, 0.3) is 0 Å². The molecule has 0 aliphatic carbocycles. The molecular weight excluding hydrogens is 613 g/mol. The SMILES string of the molecule is C[Si](C)(C)[Si](C)([Si](C)(C)C)[Si](Br)([Si](C)([Si](C)(C)C)[Si](C)(C)C)[Si](C)([Si](C)(C)C)[Si](C)(C)C. The van der Waals surface area contributed by atoms with E-state index in [1.807, 2.05) is 0 Å². The van der Waals surface area contributed by atoms with Gasteiger partial charge in [-0.1, -0.05) is 137 Å². The van der Waals surface area contributed by atoms with Gasteiger partial charge in [-0.2, -0.15) is 0 Å². The van der Waals surface area contributed by atoms with Gasteiger partial charge in [-0.25, -0.2) is 0 Å². The Bertz CT molecular complexity index is 543. The summed E-state index contributed by atoms with van der Waals surface area (Å²) in [5, 5.41) is -1.72. The minimum absolute atomic E-state index is 1.34. The molecule has 0 aromatic rings. The molecule has 0 bridgehead atoms. The van der Waals surface area contributed by atoms with E-state index >= 15 is 0 Å². The summed E-state index contributed by atoms with van der Waals surface area (Å²) in [7, 11) is -8.06. The predicted octanol–water partition coefficient (Wildman–Crippen LogP) is 9.30.